The molecule has 0 aromatic heterocycles. The van der Waals surface area contributed by atoms with Gasteiger partial charge in [0.25, 0.3) is 0 Å². The Bertz CT molecular complexity index is 785. The van der Waals surface area contributed by atoms with E-state index in [2.05, 4.69) is 0 Å². The Labute approximate surface area is 153 Å². The van der Waals surface area contributed by atoms with Gasteiger partial charge in [-0.25, -0.2) is 4.79 Å². The van der Waals surface area contributed by atoms with E-state index in [1.54, 1.807) is 31.4 Å². The number of esters is 1. The van der Waals surface area contributed by atoms with E-state index in [1.165, 1.54) is 0 Å². The first-order chi connectivity index (χ1) is 12.2. The summed E-state index contributed by atoms with van der Waals surface area (Å²) in [5.74, 6) is -0.513. The van der Waals surface area contributed by atoms with Gasteiger partial charge in [-0.05, 0) is 56.5 Å². The van der Waals surface area contributed by atoms with Gasteiger partial charge in [0, 0.05) is 12.0 Å². The van der Waals surface area contributed by atoms with Gasteiger partial charge in [0.05, 0.1) is 12.7 Å². The molecule has 0 aliphatic carbocycles. The number of aryl methyl sites for hydroxylation is 1. The molecule has 1 N–H and O–H groups in total. The molecule has 0 aliphatic heterocycles. The first-order valence-electron chi connectivity index (χ1n) is 8.42. The summed E-state index contributed by atoms with van der Waals surface area (Å²) in [6, 6.07) is 12.4. The third kappa shape index (κ3) is 5.34. The molecule has 2 aromatic rings. The standard InChI is InChI=1S/C21H24O5/c1-21(2,3)26-19(22)12-6-14-5-11-17(18(13-14)25-4)15-7-9-16(10-8-15)20(23)24/h5,7-11,13H,6,12H2,1-4H3,(H,23,24). The molecule has 138 valence electrons. The first-order valence-corrected chi connectivity index (χ1v) is 8.42. The summed E-state index contributed by atoms with van der Waals surface area (Å²) in [7, 11) is 1.59. The van der Waals surface area contributed by atoms with Gasteiger partial charge in [-0.3, -0.25) is 4.79 Å². The van der Waals surface area contributed by atoms with Crippen molar-refractivity contribution in [1.82, 2.24) is 0 Å². The number of rotatable bonds is 6. The lowest BCUT2D eigenvalue weighted by molar-refractivity contribution is -0.154. The van der Waals surface area contributed by atoms with E-state index in [1.807, 2.05) is 39.0 Å². The average Bonchev–Trinajstić information content (AvgIpc) is 2.58. The summed E-state index contributed by atoms with van der Waals surface area (Å²) in [5, 5.41) is 9.00. The largest absolute Gasteiger partial charge is 0.496 e. The van der Waals surface area contributed by atoms with Crippen molar-refractivity contribution in [2.45, 2.75) is 39.2 Å². The van der Waals surface area contributed by atoms with Gasteiger partial charge in [-0.15, -0.1) is 0 Å². The normalized spacial score (nSPS) is 11.1. The lowest BCUT2D eigenvalue weighted by Crippen LogP contribution is -2.24. The maximum absolute atomic E-state index is 11.9. The monoisotopic (exact) mass is 356 g/mol. The molecule has 26 heavy (non-hydrogen) atoms. The lowest BCUT2D eigenvalue weighted by Gasteiger charge is -2.19. The lowest BCUT2D eigenvalue weighted by atomic mass is 9.99. The molecule has 0 saturated carbocycles. The van der Waals surface area contributed by atoms with Crippen LogP contribution in [0.1, 0.15) is 43.1 Å². The number of hydrogen-bond acceptors (Lipinski definition) is 4. The molecule has 0 spiro atoms. The highest BCUT2D eigenvalue weighted by atomic mass is 16.6. The number of ether oxygens (including phenoxy) is 2. The maximum Gasteiger partial charge on any atom is 0.335 e. The highest BCUT2D eigenvalue weighted by Crippen LogP contribution is 2.31. The zero-order valence-corrected chi connectivity index (χ0v) is 15.5. The minimum absolute atomic E-state index is 0.232. The Kier molecular flexibility index (Phi) is 6.03. The van der Waals surface area contributed by atoms with Crippen molar-refractivity contribution in [3.05, 3.63) is 53.6 Å². The second-order valence-electron chi connectivity index (χ2n) is 7.00. The Hall–Kier alpha value is -2.82. The molecule has 2 aromatic carbocycles. The molecule has 0 amide bonds. The number of carbonyl (C=O) groups excluding carboxylic acids is 1. The number of aromatic carboxylic acids is 1. The van der Waals surface area contributed by atoms with Gasteiger partial charge < -0.3 is 14.6 Å². The number of hydrogen-bond donors (Lipinski definition) is 1. The van der Waals surface area contributed by atoms with Crippen molar-refractivity contribution in [3.63, 3.8) is 0 Å². The van der Waals surface area contributed by atoms with Crippen molar-refractivity contribution in [3.8, 4) is 16.9 Å². The molecule has 0 aliphatic rings. The van der Waals surface area contributed by atoms with Crippen molar-refractivity contribution >= 4 is 11.9 Å². The Morgan fingerprint density at radius 2 is 1.69 bits per heavy atom. The minimum atomic E-state index is -0.957. The van der Waals surface area contributed by atoms with Crippen LogP contribution in [0.5, 0.6) is 5.75 Å². The van der Waals surface area contributed by atoms with E-state index >= 15 is 0 Å². The van der Waals surface area contributed by atoms with Crippen LogP contribution in [0.3, 0.4) is 0 Å². The van der Waals surface area contributed by atoms with Crippen LogP contribution < -0.4 is 4.74 Å². The molecular weight excluding hydrogens is 332 g/mol. The minimum Gasteiger partial charge on any atom is -0.496 e. The van der Waals surface area contributed by atoms with Crippen molar-refractivity contribution < 1.29 is 24.2 Å². The highest BCUT2D eigenvalue weighted by molar-refractivity contribution is 5.88. The Morgan fingerprint density at radius 1 is 1.04 bits per heavy atom. The van der Waals surface area contributed by atoms with Crippen LogP contribution in [0.25, 0.3) is 11.1 Å². The van der Waals surface area contributed by atoms with Crippen LogP contribution in [0.15, 0.2) is 42.5 Å². The molecule has 0 unspecified atom stereocenters. The van der Waals surface area contributed by atoms with Crippen molar-refractivity contribution in [2.24, 2.45) is 0 Å². The Balaban J connectivity index is 2.14. The zero-order valence-electron chi connectivity index (χ0n) is 15.5. The number of benzene rings is 2. The predicted molar refractivity (Wildman–Crippen MR) is 99.6 cm³/mol. The van der Waals surface area contributed by atoms with Gasteiger partial charge in [-0.2, -0.15) is 0 Å². The maximum atomic E-state index is 11.9. The third-order valence-electron chi connectivity index (χ3n) is 3.75. The SMILES string of the molecule is COc1cc(CCC(=O)OC(C)(C)C)ccc1-c1ccc(C(=O)O)cc1. The summed E-state index contributed by atoms with van der Waals surface area (Å²) in [4.78, 5) is 22.8. The average molecular weight is 356 g/mol. The first kappa shape index (κ1) is 19.5. The number of carboxylic acids is 1. The molecule has 0 radical (unpaired) electrons. The van der Waals surface area contributed by atoms with E-state index < -0.39 is 11.6 Å². The fourth-order valence-electron chi connectivity index (χ4n) is 2.56. The van der Waals surface area contributed by atoms with E-state index in [4.69, 9.17) is 14.6 Å². The summed E-state index contributed by atoms with van der Waals surface area (Å²) in [6.45, 7) is 5.54. The molecular formula is C21H24O5. The van der Waals surface area contributed by atoms with Crippen LogP contribution in [-0.4, -0.2) is 29.8 Å². The summed E-state index contributed by atoms with van der Waals surface area (Å²) in [6.07, 6.45) is 0.858. The summed E-state index contributed by atoms with van der Waals surface area (Å²) in [5.41, 5.74) is 2.46. The van der Waals surface area contributed by atoms with Crippen molar-refractivity contribution in [1.29, 1.82) is 0 Å². The fraction of sp³-hybridized carbons (Fsp3) is 0.333. The second-order valence-corrected chi connectivity index (χ2v) is 7.00. The highest BCUT2D eigenvalue weighted by Gasteiger charge is 2.16. The molecule has 0 saturated heterocycles. The number of carboxylic acid groups (broad SMARTS) is 1. The van der Waals surface area contributed by atoms with Crippen LogP contribution >= 0.6 is 0 Å². The van der Waals surface area contributed by atoms with Gasteiger partial charge in [-0.1, -0.05) is 24.3 Å². The Morgan fingerprint density at radius 3 is 2.23 bits per heavy atom. The van der Waals surface area contributed by atoms with E-state index in [-0.39, 0.29) is 11.5 Å². The topological polar surface area (TPSA) is 72.8 Å². The second kappa shape index (κ2) is 8.04. The van der Waals surface area contributed by atoms with Gasteiger partial charge in [0.15, 0.2) is 0 Å². The van der Waals surface area contributed by atoms with Crippen LogP contribution in [0, 0.1) is 0 Å². The van der Waals surface area contributed by atoms with Gasteiger partial charge in [0.2, 0.25) is 0 Å². The smallest absolute Gasteiger partial charge is 0.335 e. The molecule has 0 fully saturated rings. The molecule has 0 heterocycles. The van der Waals surface area contributed by atoms with Crippen LogP contribution in [0.4, 0.5) is 0 Å². The van der Waals surface area contributed by atoms with E-state index in [9.17, 15) is 9.59 Å². The molecule has 0 bridgehead atoms. The zero-order chi connectivity index (χ0) is 19.3. The van der Waals surface area contributed by atoms with Crippen LogP contribution in [0.2, 0.25) is 0 Å². The van der Waals surface area contributed by atoms with E-state index in [0.29, 0.717) is 18.6 Å². The number of carbonyl (C=O) groups is 2. The summed E-state index contributed by atoms with van der Waals surface area (Å²) >= 11 is 0. The number of methoxy groups -OCH3 is 1. The van der Waals surface area contributed by atoms with Crippen LogP contribution in [-0.2, 0) is 16.0 Å². The molecule has 0 atom stereocenters. The fourth-order valence-corrected chi connectivity index (χ4v) is 2.56. The van der Waals surface area contributed by atoms with Gasteiger partial charge in [0.1, 0.15) is 11.4 Å². The van der Waals surface area contributed by atoms with E-state index in [0.717, 1.165) is 16.7 Å². The molecule has 5 nitrogen and oxygen atoms in total. The third-order valence-corrected chi connectivity index (χ3v) is 3.75. The predicted octanol–water partition coefficient (Wildman–Crippen LogP) is 4.33. The van der Waals surface area contributed by atoms with Crippen molar-refractivity contribution in [2.75, 3.05) is 7.11 Å². The molecule has 5 heteroatoms. The molecule has 2 rings (SSSR count). The van der Waals surface area contributed by atoms with Gasteiger partial charge >= 0.3 is 11.9 Å². The quantitative estimate of drug-likeness (QED) is 0.780. The summed E-state index contributed by atoms with van der Waals surface area (Å²) < 4.78 is 10.8.